The topological polar surface area (TPSA) is 127 Å². The maximum atomic E-state index is 13.3. The number of carbonyl (C=O) groups is 3. The molecule has 0 spiro atoms. The van der Waals surface area contributed by atoms with Gasteiger partial charge in [0.1, 0.15) is 18.5 Å². The number of amides is 4. The summed E-state index contributed by atoms with van der Waals surface area (Å²) in [6, 6.07) is 4.46. The second kappa shape index (κ2) is 10.6. The Morgan fingerprint density at radius 1 is 1.19 bits per heavy atom. The lowest BCUT2D eigenvalue weighted by Gasteiger charge is -2.42. The van der Waals surface area contributed by atoms with Crippen molar-refractivity contribution in [3.63, 3.8) is 0 Å². The standard InChI is InChI=1S/C25H34N6O5/c1-14(2)26-25(34)27-16-6-9-21-18(10-16)24(33)31(5)20-8-7-17(36-22(20)13-35-21)11-23(32)28-19-12-30(4)29-15(19)3/h6,9-10,12,14,17,20,22H,7-8,11,13H2,1-5H3,(H,28,32)(H2,26,27,34)/t17-,20+,22-/m1/s1. The zero-order valence-corrected chi connectivity index (χ0v) is 21.3. The van der Waals surface area contributed by atoms with Crippen molar-refractivity contribution in [2.24, 2.45) is 7.05 Å². The molecule has 3 heterocycles. The first-order valence-electron chi connectivity index (χ1n) is 12.2. The lowest BCUT2D eigenvalue weighted by atomic mass is 9.94. The van der Waals surface area contributed by atoms with Gasteiger partial charge in [0.15, 0.2) is 0 Å². The zero-order chi connectivity index (χ0) is 26.0. The summed E-state index contributed by atoms with van der Waals surface area (Å²) in [7, 11) is 3.56. The van der Waals surface area contributed by atoms with Crippen LogP contribution in [-0.4, -0.2) is 70.5 Å². The van der Waals surface area contributed by atoms with E-state index in [0.29, 0.717) is 35.5 Å². The molecule has 3 N–H and O–H groups in total. The van der Waals surface area contributed by atoms with E-state index >= 15 is 0 Å². The molecule has 3 atom stereocenters. The van der Waals surface area contributed by atoms with Gasteiger partial charge in [-0.15, -0.1) is 0 Å². The van der Waals surface area contributed by atoms with E-state index in [0.717, 1.165) is 5.69 Å². The maximum Gasteiger partial charge on any atom is 0.319 e. The van der Waals surface area contributed by atoms with E-state index in [9.17, 15) is 14.4 Å². The van der Waals surface area contributed by atoms with Crippen LogP contribution in [-0.2, 0) is 16.6 Å². The van der Waals surface area contributed by atoms with Crippen molar-refractivity contribution in [1.29, 1.82) is 0 Å². The third kappa shape index (κ3) is 5.78. The fraction of sp³-hybridized carbons (Fsp3) is 0.520. The smallest absolute Gasteiger partial charge is 0.319 e. The summed E-state index contributed by atoms with van der Waals surface area (Å²) in [6.45, 7) is 5.82. The van der Waals surface area contributed by atoms with E-state index in [4.69, 9.17) is 9.47 Å². The second-order valence-electron chi connectivity index (χ2n) is 9.69. The Balaban J connectivity index is 1.42. The molecule has 0 unspecified atom stereocenters. The Labute approximate surface area is 210 Å². The van der Waals surface area contributed by atoms with Gasteiger partial charge >= 0.3 is 6.03 Å². The number of hydrogen-bond acceptors (Lipinski definition) is 6. The molecule has 11 nitrogen and oxygen atoms in total. The van der Waals surface area contributed by atoms with Crippen molar-refractivity contribution in [2.75, 3.05) is 24.3 Å². The van der Waals surface area contributed by atoms with Gasteiger partial charge in [0.05, 0.1) is 35.5 Å². The summed E-state index contributed by atoms with van der Waals surface area (Å²) in [5, 5.41) is 12.7. The number of urea groups is 1. The normalized spacial score (nSPS) is 21.6. The molecule has 0 saturated carbocycles. The highest BCUT2D eigenvalue weighted by Crippen LogP contribution is 2.32. The minimum absolute atomic E-state index is 0.0111. The summed E-state index contributed by atoms with van der Waals surface area (Å²) in [6.07, 6.45) is 2.66. The molecule has 0 bridgehead atoms. The molecule has 4 rings (SSSR count). The van der Waals surface area contributed by atoms with Crippen LogP contribution in [0.4, 0.5) is 16.2 Å². The number of rotatable bonds is 5. The first-order valence-corrected chi connectivity index (χ1v) is 12.2. The molecule has 1 saturated heterocycles. The minimum atomic E-state index is -0.367. The molecule has 1 aromatic carbocycles. The molecule has 1 fully saturated rings. The van der Waals surface area contributed by atoms with E-state index < -0.39 is 0 Å². The highest BCUT2D eigenvalue weighted by Gasteiger charge is 2.39. The van der Waals surface area contributed by atoms with Gasteiger partial charge in [-0.05, 0) is 51.8 Å². The fourth-order valence-electron chi connectivity index (χ4n) is 4.67. The van der Waals surface area contributed by atoms with Crippen LogP contribution in [0.3, 0.4) is 0 Å². The molecule has 0 aliphatic carbocycles. The Kier molecular flexibility index (Phi) is 7.48. The number of nitrogens with one attached hydrogen (secondary N) is 3. The van der Waals surface area contributed by atoms with Gasteiger partial charge in [0.2, 0.25) is 5.91 Å². The molecule has 36 heavy (non-hydrogen) atoms. The summed E-state index contributed by atoms with van der Waals surface area (Å²) in [5.41, 5.74) is 2.32. The lowest BCUT2D eigenvalue weighted by Crippen LogP contribution is -2.53. The van der Waals surface area contributed by atoms with Crippen LogP contribution in [0, 0.1) is 6.92 Å². The van der Waals surface area contributed by atoms with Crippen molar-refractivity contribution >= 4 is 29.2 Å². The first-order chi connectivity index (χ1) is 17.1. The Morgan fingerprint density at radius 3 is 2.67 bits per heavy atom. The van der Waals surface area contributed by atoms with Gasteiger partial charge in [-0.25, -0.2) is 4.79 Å². The maximum absolute atomic E-state index is 13.3. The van der Waals surface area contributed by atoms with Crippen LogP contribution in [0.5, 0.6) is 5.75 Å². The Morgan fingerprint density at radius 2 is 1.97 bits per heavy atom. The van der Waals surface area contributed by atoms with Crippen LogP contribution in [0.15, 0.2) is 24.4 Å². The number of aryl methyl sites for hydroxylation is 2. The lowest BCUT2D eigenvalue weighted by molar-refractivity contribution is -0.130. The van der Waals surface area contributed by atoms with Crippen molar-refractivity contribution in [1.82, 2.24) is 20.0 Å². The van der Waals surface area contributed by atoms with Gasteiger partial charge in [-0.2, -0.15) is 5.10 Å². The molecule has 2 aliphatic rings. The van der Waals surface area contributed by atoms with Crippen LogP contribution in [0.1, 0.15) is 49.2 Å². The number of hydrogen-bond donors (Lipinski definition) is 3. The summed E-state index contributed by atoms with van der Waals surface area (Å²) >= 11 is 0. The molecule has 1 aromatic heterocycles. The molecular formula is C25H34N6O5. The minimum Gasteiger partial charge on any atom is -0.490 e. The van der Waals surface area contributed by atoms with Crippen LogP contribution < -0.4 is 20.7 Å². The molecular weight excluding hydrogens is 464 g/mol. The van der Waals surface area contributed by atoms with E-state index in [1.807, 2.05) is 20.8 Å². The van der Waals surface area contributed by atoms with Crippen LogP contribution >= 0.6 is 0 Å². The number of anilines is 2. The van der Waals surface area contributed by atoms with Crippen molar-refractivity contribution < 1.29 is 23.9 Å². The molecule has 2 aliphatic heterocycles. The monoisotopic (exact) mass is 498 g/mol. The number of nitrogens with zero attached hydrogens (tertiary/aromatic N) is 3. The van der Waals surface area contributed by atoms with Gasteiger partial charge < -0.3 is 30.3 Å². The van der Waals surface area contributed by atoms with Gasteiger partial charge in [0, 0.05) is 32.0 Å². The number of fused-ring (bicyclic) bond motifs is 2. The fourth-order valence-corrected chi connectivity index (χ4v) is 4.67. The first kappa shape index (κ1) is 25.5. The van der Waals surface area contributed by atoms with Crippen molar-refractivity contribution in [3.8, 4) is 5.75 Å². The van der Waals surface area contributed by atoms with Gasteiger partial charge in [0.25, 0.3) is 5.91 Å². The number of ether oxygens (including phenoxy) is 2. The van der Waals surface area contributed by atoms with Crippen LogP contribution in [0.2, 0.25) is 0 Å². The average molecular weight is 499 g/mol. The molecule has 194 valence electrons. The molecule has 11 heteroatoms. The number of aromatic nitrogens is 2. The van der Waals surface area contributed by atoms with E-state index in [-0.39, 0.29) is 55.2 Å². The third-order valence-electron chi connectivity index (χ3n) is 6.39. The average Bonchev–Trinajstić information content (AvgIpc) is 3.12. The number of benzene rings is 1. The highest BCUT2D eigenvalue weighted by atomic mass is 16.5. The second-order valence-corrected chi connectivity index (χ2v) is 9.69. The van der Waals surface area contributed by atoms with Crippen molar-refractivity contribution in [2.45, 2.75) is 64.3 Å². The highest BCUT2D eigenvalue weighted by molar-refractivity contribution is 5.99. The van der Waals surface area contributed by atoms with E-state index in [2.05, 4.69) is 21.0 Å². The van der Waals surface area contributed by atoms with E-state index in [1.54, 1.807) is 48.1 Å². The van der Waals surface area contributed by atoms with Gasteiger partial charge in [-0.1, -0.05) is 0 Å². The number of likely N-dealkylation sites (N-methyl/N-ethyl adjacent to an activating group) is 1. The summed E-state index contributed by atoms with van der Waals surface area (Å²) < 4.78 is 13.9. The number of carbonyl (C=O) groups excluding carboxylic acids is 3. The largest absolute Gasteiger partial charge is 0.490 e. The predicted octanol–water partition coefficient (Wildman–Crippen LogP) is 2.67. The van der Waals surface area contributed by atoms with Crippen LogP contribution in [0.25, 0.3) is 0 Å². The summed E-state index contributed by atoms with van der Waals surface area (Å²) in [5.74, 6) is 0.0766. The Bertz CT molecular complexity index is 1150. The van der Waals surface area contributed by atoms with E-state index in [1.165, 1.54) is 0 Å². The predicted molar refractivity (Wildman–Crippen MR) is 134 cm³/mol. The van der Waals surface area contributed by atoms with Crippen molar-refractivity contribution in [3.05, 3.63) is 35.7 Å². The third-order valence-corrected chi connectivity index (χ3v) is 6.39. The summed E-state index contributed by atoms with van der Waals surface area (Å²) in [4.78, 5) is 39.7. The Hall–Kier alpha value is -3.60. The molecule has 2 aromatic rings. The molecule has 4 amide bonds. The zero-order valence-electron chi connectivity index (χ0n) is 21.3. The molecule has 0 radical (unpaired) electrons. The SMILES string of the molecule is Cc1nn(C)cc1NC(=O)C[C@H]1CC[C@H]2[C@@H](COc3ccc(NC(=O)NC(C)C)cc3C(=O)N2C)O1. The quantitative estimate of drug-likeness (QED) is 0.582. The van der Waals surface area contributed by atoms with Gasteiger partial charge in [-0.3, -0.25) is 14.3 Å².